The summed E-state index contributed by atoms with van der Waals surface area (Å²) in [4.78, 5) is 24.7. The third-order valence-corrected chi connectivity index (χ3v) is 5.21. The molecule has 3 rings (SSSR count). The molecule has 1 saturated heterocycles. The highest BCUT2D eigenvalue weighted by Gasteiger charge is 2.33. The highest BCUT2D eigenvalue weighted by molar-refractivity contribution is 7.98. The van der Waals surface area contributed by atoms with Crippen LogP contribution in [0.2, 0.25) is 0 Å². The lowest BCUT2D eigenvalue weighted by Gasteiger charge is -2.29. The zero-order chi connectivity index (χ0) is 17.1. The Hall–Kier alpha value is -1.95. The summed E-state index contributed by atoms with van der Waals surface area (Å²) in [6.07, 6.45) is 6.21. The van der Waals surface area contributed by atoms with E-state index in [0.717, 1.165) is 28.6 Å². The van der Waals surface area contributed by atoms with Gasteiger partial charge in [0, 0.05) is 30.6 Å². The van der Waals surface area contributed by atoms with Gasteiger partial charge in [0.1, 0.15) is 12.1 Å². The third-order valence-electron chi connectivity index (χ3n) is 4.51. The molecule has 5 nitrogen and oxygen atoms in total. The van der Waals surface area contributed by atoms with Crippen molar-refractivity contribution in [1.29, 1.82) is 0 Å². The van der Waals surface area contributed by atoms with Crippen molar-refractivity contribution < 1.29 is 9.59 Å². The summed E-state index contributed by atoms with van der Waals surface area (Å²) in [5, 5.41) is 6.91. The lowest BCUT2D eigenvalue weighted by atomic mass is 10.00. The summed E-state index contributed by atoms with van der Waals surface area (Å²) < 4.78 is 2.05. The van der Waals surface area contributed by atoms with Crippen molar-refractivity contribution in [3.63, 3.8) is 0 Å². The Morgan fingerprint density at radius 3 is 2.62 bits per heavy atom. The maximum atomic E-state index is 12.4. The second kappa shape index (κ2) is 7.30. The van der Waals surface area contributed by atoms with Crippen LogP contribution in [-0.4, -0.2) is 40.5 Å². The van der Waals surface area contributed by atoms with Gasteiger partial charge in [-0.15, -0.1) is 0 Å². The summed E-state index contributed by atoms with van der Waals surface area (Å²) in [7, 11) is 1.99. The van der Waals surface area contributed by atoms with Crippen LogP contribution in [0.1, 0.15) is 18.4 Å². The number of hydrogen-bond donors (Lipinski definition) is 2. The minimum atomic E-state index is -0.500. The van der Waals surface area contributed by atoms with Crippen molar-refractivity contribution in [3.8, 4) is 0 Å². The van der Waals surface area contributed by atoms with Gasteiger partial charge >= 0.3 is 0 Å². The summed E-state index contributed by atoms with van der Waals surface area (Å²) in [6.45, 7) is 0. The Kier molecular flexibility index (Phi) is 5.14. The molecule has 24 heavy (non-hydrogen) atoms. The van der Waals surface area contributed by atoms with Gasteiger partial charge in [-0.1, -0.05) is 18.2 Å². The van der Waals surface area contributed by atoms with Crippen molar-refractivity contribution in [2.24, 2.45) is 7.05 Å². The number of nitrogens with zero attached hydrogens (tertiary/aromatic N) is 1. The average molecular weight is 345 g/mol. The van der Waals surface area contributed by atoms with Gasteiger partial charge in [-0.3, -0.25) is 9.59 Å². The van der Waals surface area contributed by atoms with Gasteiger partial charge < -0.3 is 15.2 Å². The van der Waals surface area contributed by atoms with E-state index in [1.807, 2.05) is 31.6 Å². The number of carbonyl (C=O) groups excluding carboxylic acids is 2. The molecule has 0 radical (unpaired) electrons. The van der Waals surface area contributed by atoms with Gasteiger partial charge in [-0.05, 0) is 36.5 Å². The lowest BCUT2D eigenvalue weighted by molar-refractivity contribution is -0.136. The second-order valence-electron chi connectivity index (χ2n) is 6.24. The number of aryl methyl sites for hydroxylation is 1. The number of carbonyl (C=O) groups is 2. The maximum absolute atomic E-state index is 12.4. The predicted octanol–water partition coefficient (Wildman–Crippen LogP) is 1.85. The number of rotatable bonds is 6. The molecule has 2 N–H and O–H groups in total. The highest BCUT2D eigenvalue weighted by atomic mass is 32.2. The van der Waals surface area contributed by atoms with Crippen LogP contribution in [0.5, 0.6) is 0 Å². The first kappa shape index (κ1) is 16.9. The first-order chi connectivity index (χ1) is 11.6. The summed E-state index contributed by atoms with van der Waals surface area (Å²) in [5.41, 5.74) is 2.21. The van der Waals surface area contributed by atoms with E-state index in [4.69, 9.17) is 0 Å². The van der Waals surface area contributed by atoms with E-state index in [9.17, 15) is 9.59 Å². The number of piperazine rings is 1. The van der Waals surface area contributed by atoms with E-state index >= 15 is 0 Å². The summed E-state index contributed by atoms with van der Waals surface area (Å²) >= 11 is 1.75. The van der Waals surface area contributed by atoms with E-state index in [2.05, 4.69) is 27.3 Å². The van der Waals surface area contributed by atoms with Crippen LogP contribution >= 0.6 is 11.8 Å². The van der Waals surface area contributed by atoms with Crippen LogP contribution in [0.4, 0.5) is 0 Å². The molecule has 0 aliphatic carbocycles. The Morgan fingerprint density at radius 1 is 1.12 bits per heavy atom. The summed E-state index contributed by atoms with van der Waals surface area (Å²) in [6, 6.07) is 7.21. The molecule has 6 heteroatoms. The average Bonchev–Trinajstić information content (AvgIpc) is 2.89. The van der Waals surface area contributed by atoms with Crippen LogP contribution in [0.15, 0.2) is 30.5 Å². The van der Waals surface area contributed by atoms with E-state index < -0.39 is 12.1 Å². The molecular weight excluding hydrogens is 322 g/mol. The van der Waals surface area contributed by atoms with Gasteiger partial charge in [0.15, 0.2) is 0 Å². The topological polar surface area (TPSA) is 63.1 Å². The number of hydrogen-bond acceptors (Lipinski definition) is 3. The molecule has 2 atom stereocenters. The highest BCUT2D eigenvalue weighted by Crippen LogP contribution is 2.22. The van der Waals surface area contributed by atoms with E-state index in [1.165, 1.54) is 0 Å². The second-order valence-corrected chi connectivity index (χ2v) is 7.23. The Morgan fingerprint density at radius 2 is 1.83 bits per heavy atom. The molecule has 1 aliphatic rings. The smallest absolute Gasteiger partial charge is 0.243 e. The third kappa shape index (κ3) is 3.43. The number of amides is 2. The molecule has 2 aromatic rings. The van der Waals surface area contributed by atoms with Crippen molar-refractivity contribution in [1.82, 2.24) is 15.2 Å². The van der Waals surface area contributed by atoms with Crippen molar-refractivity contribution in [3.05, 3.63) is 36.0 Å². The van der Waals surface area contributed by atoms with Crippen LogP contribution in [-0.2, 0) is 23.1 Å². The first-order valence-electron chi connectivity index (χ1n) is 8.22. The zero-order valence-electron chi connectivity index (χ0n) is 14.0. The van der Waals surface area contributed by atoms with E-state index in [1.54, 1.807) is 11.8 Å². The molecule has 1 aromatic carbocycles. The summed E-state index contributed by atoms with van der Waals surface area (Å²) in [5.74, 6) is 0.844. The molecule has 0 saturated carbocycles. The standard InChI is InChI=1S/C18H23N3O2S/c1-21-11-12(13-6-3-4-8-16(13)21)10-15-18(23)19-14(17(22)20-15)7-5-9-24-2/h3-4,6,8,11,14-15H,5,7,9-10H2,1-2H3,(H,19,23)(H,20,22)/t14-,15+/m0/s1. The minimum Gasteiger partial charge on any atom is -0.350 e. The van der Waals surface area contributed by atoms with Gasteiger partial charge in [-0.25, -0.2) is 0 Å². The van der Waals surface area contributed by atoms with Crippen LogP contribution in [0, 0.1) is 0 Å². The molecule has 0 unspecified atom stereocenters. The molecule has 1 aliphatic heterocycles. The molecule has 1 fully saturated rings. The largest absolute Gasteiger partial charge is 0.350 e. The fraction of sp³-hybridized carbons (Fsp3) is 0.444. The monoisotopic (exact) mass is 345 g/mol. The van der Waals surface area contributed by atoms with Crippen LogP contribution < -0.4 is 10.6 Å². The number of para-hydroxylation sites is 1. The maximum Gasteiger partial charge on any atom is 0.243 e. The van der Waals surface area contributed by atoms with E-state index in [-0.39, 0.29) is 11.8 Å². The molecule has 1 aromatic heterocycles. The number of fused-ring (bicyclic) bond motifs is 1. The Bertz CT molecular complexity index is 756. The number of thioether (sulfide) groups is 1. The van der Waals surface area contributed by atoms with Crippen molar-refractivity contribution in [2.75, 3.05) is 12.0 Å². The van der Waals surface area contributed by atoms with Gasteiger partial charge in [0.2, 0.25) is 11.8 Å². The number of nitrogens with one attached hydrogen (secondary N) is 2. The molecular formula is C18H23N3O2S. The normalized spacial score (nSPS) is 20.9. The minimum absolute atomic E-state index is 0.0686. The van der Waals surface area contributed by atoms with Gasteiger partial charge in [0.05, 0.1) is 0 Å². The fourth-order valence-corrected chi connectivity index (χ4v) is 3.72. The van der Waals surface area contributed by atoms with Gasteiger partial charge in [-0.2, -0.15) is 11.8 Å². The van der Waals surface area contributed by atoms with Gasteiger partial charge in [0.25, 0.3) is 0 Å². The van der Waals surface area contributed by atoms with Crippen molar-refractivity contribution >= 4 is 34.5 Å². The fourth-order valence-electron chi connectivity index (χ4n) is 3.26. The first-order valence-corrected chi connectivity index (χ1v) is 9.62. The Labute approximate surface area is 146 Å². The molecule has 0 spiro atoms. The molecule has 2 amide bonds. The quantitative estimate of drug-likeness (QED) is 0.786. The molecule has 128 valence electrons. The van der Waals surface area contributed by atoms with Crippen LogP contribution in [0.25, 0.3) is 10.9 Å². The number of aromatic nitrogens is 1. The van der Waals surface area contributed by atoms with Crippen molar-refractivity contribution in [2.45, 2.75) is 31.3 Å². The molecule has 2 heterocycles. The van der Waals surface area contributed by atoms with Crippen LogP contribution in [0.3, 0.4) is 0 Å². The SMILES string of the molecule is CSCCC[C@@H]1NC(=O)[C@@H](Cc2cn(C)c3ccccc23)NC1=O. The zero-order valence-corrected chi connectivity index (χ0v) is 14.9. The predicted molar refractivity (Wildman–Crippen MR) is 98.1 cm³/mol. The van der Waals surface area contributed by atoms with E-state index in [0.29, 0.717) is 12.8 Å². The lowest BCUT2D eigenvalue weighted by Crippen LogP contribution is -2.62. The molecule has 0 bridgehead atoms. The number of benzene rings is 1. The Balaban J connectivity index is 1.70.